The van der Waals surface area contributed by atoms with Crippen LogP contribution in [0.3, 0.4) is 0 Å². The molecule has 5 nitrogen and oxygen atoms in total. The SMILES string of the molecule is CCOC(=O)Cc1noc2ccc(N)c(C#C[Si](C)(C)C)c12. The van der Waals surface area contributed by atoms with Crippen LogP contribution >= 0.6 is 0 Å². The van der Waals surface area contributed by atoms with Crippen molar-refractivity contribution in [1.29, 1.82) is 0 Å². The van der Waals surface area contributed by atoms with E-state index < -0.39 is 8.07 Å². The molecule has 0 saturated heterocycles. The maximum atomic E-state index is 11.7. The Kier molecular flexibility index (Phi) is 4.57. The number of hydrogen-bond acceptors (Lipinski definition) is 5. The molecule has 0 aliphatic heterocycles. The van der Waals surface area contributed by atoms with Crippen molar-refractivity contribution in [3.05, 3.63) is 23.4 Å². The second kappa shape index (κ2) is 6.24. The van der Waals surface area contributed by atoms with Crippen molar-refractivity contribution in [3.63, 3.8) is 0 Å². The summed E-state index contributed by atoms with van der Waals surface area (Å²) in [5.74, 6) is 2.82. The van der Waals surface area contributed by atoms with Gasteiger partial charge in [0.05, 0.1) is 24.0 Å². The van der Waals surface area contributed by atoms with E-state index in [1.807, 2.05) is 0 Å². The molecule has 2 rings (SSSR count). The summed E-state index contributed by atoms with van der Waals surface area (Å²) in [5.41, 5.74) is 11.7. The van der Waals surface area contributed by atoms with Crippen molar-refractivity contribution in [2.45, 2.75) is 33.0 Å². The van der Waals surface area contributed by atoms with E-state index in [4.69, 9.17) is 15.0 Å². The molecule has 0 amide bonds. The van der Waals surface area contributed by atoms with E-state index in [0.717, 1.165) is 0 Å². The fourth-order valence-corrected chi connectivity index (χ4v) is 2.47. The maximum Gasteiger partial charge on any atom is 0.312 e. The lowest BCUT2D eigenvalue weighted by Gasteiger charge is -2.05. The Labute approximate surface area is 130 Å². The Balaban J connectivity index is 2.54. The average Bonchev–Trinajstić information content (AvgIpc) is 2.80. The van der Waals surface area contributed by atoms with Crippen LogP contribution in [0.4, 0.5) is 5.69 Å². The van der Waals surface area contributed by atoms with Crippen molar-refractivity contribution >= 4 is 30.7 Å². The third kappa shape index (κ3) is 3.68. The number of nitrogen functional groups attached to an aromatic ring is 1. The highest BCUT2D eigenvalue weighted by atomic mass is 28.3. The summed E-state index contributed by atoms with van der Waals surface area (Å²) in [6, 6.07) is 3.49. The topological polar surface area (TPSA) is 78.3 Å². The first-order valence-electron chi connectivity index (χ1n) is 7.17. The molecule has 0 radical (unpaired) electrons. The quantitative estimate of drug-likeness (QED) is 0.408. The minimum Gasteiger partial charge on any atom is -0.466 e. The predicted octanol–water partition coefficient (Wildman–Crippen LogP) is 2.74. The number of carbonyl (C=O) groups is 1. The van der Waals surface area contributed by atoms with Crippen molar-refractivity contribution in [2.75, 3.05) is 12.3 Å². The second-order valence-electron chi connectivity index (χ2n) is 6.01. The number of fused-ring (bicyclic) bond motifs is 1. The largest absolute Gasteiger partial charge is 0.466 e. The average molecular weight is 316 g/mol. The van der Waals surface area contributed by atoms with E-state index in [9.17, 15) is 4.79 Å². The molecule has 0 aliphatic rings. The van der Waals surface area contributed by atoms with Crippen LogP contribution in [0.2, 0.25) is 19.6 Å². The molecular formula is C16H20N2O3Si. The lowest BCUT2D eigenvalue weighted by atomic mass is 10.1. The summed E-state index contributed by atoms with van der Waals surface area (Å²) >= 11 is 0. The van der Waals surface area contributed by atoms with Crippen molar-refractivity contribution < 1.29 is 14.1 Å². The molecule has 0 aliphatic carbocycles. The maximum absolute atomic E-state index is 11.7. The van der Waals surface area contributed by atoms with Gasteiger partial charge >= 0.3 is 5.97 Å². The normalized spacial score (nSPS) is 11.1. The highest BCUT2D eigenvalue weighted by Gasteiger charge is 2.18. The molecule has 1 heterocycles. The van der Waals surface area contributed by atoms with Gasteiger partial charge in [0.15, 0.2) is 5.58 Å². The number of carbonyl (C=O) groups excluding carboxylic acids is 1. The Hall–Kier alpha value is -2.26. The molecule has 1 aromatic carbocycles. The van der Waals surface area contributed by atoms with Crippen LogP contribution in [-0.4, -0.2) is 25.8 Å². The molecule has 22 heavy (non-hydrogen) atoms. The van der Waals surface area contributed by atoms with Crippen LogP contribution in [0.5, 0.6) is 0 Å². The minimum atomic E-state index is -1.55. The summed E-state index contributed by atoms with van der Waals surface area (Å²) in [7, 11) is -1.55. The highest BCUT2D eigenvalue weighted by Crippen LogP contribution is 2.27. The van der Waals surface area contributed by atoms with Gasteiger partial charge in [0.2, 0.25) is 0 Å². The number of ether oxygens (including phenoxy) is 1. The number of esters is 1. The molecule has 2 N–H and O–H groups in total. The summed E-state index contributed by atoms with van der Waals surface area (Å²) in [4.78, 5) is 11.7. The van der Waals surface area contributed by atoms with Gasteiger partial charge in [-0.3, -0.25) is 4.79 Å². The minimum absolute atomic E-state index is 0.0475. The molecule has 0 spiro atoms. The fourth-order valence-electron chi connectivity index (χ4n) is 1.97. The van der Waals surface area contributed by atoms with E-state index in [-0.39, 0.29) is 12.4 Å². The van der Waals surface area contributed by atoms with Gasteiger partial charge in [-0.1, -0.05) is 30.7 Å². The van der Waals surface area contributed by atoms with Gasteiger partial charge in [-0.25, -0.2) is 0 Å². The lowest BCUT2D eigenvalue weighted by Crippen LogP contribution is -2.16. The Bertz CT molecular complexity index is 763. The molecule has 0 unspecified atom stereocenters. The van der Waals surface area contributed by atoms with Gasteiger partial charge < -0.3 is 15.0 Å². The van der Waals surface area contributed by atoms with E-state index in [1.54, 1.807) is 19.1 Å². The van der Waals surface area contributed by atoms with Crippen LogP contribution in [-0.2, 0) is 16.0 Å². The number of nitrogens with two attached hydrogens (primary N) is 1. The van der Waals surface area contributed by atoms with Crippen LogP contribution in [0, 0.1) is 11.5 Å². The number of benzene rings is 1. The number of rotatable bonds is 3. The second-order valence-corrected chi connectivity index (χ2v) is 10.8. The van der Waals surface area contributed by atoms with E-state index in [2.05, 4.69) is 36.3 Å². The summed E-state index contributed by atoms with van der Waals surface area (Å²) in [6.07, 6.45) is 0.0475. The van der Waals surface area contributed by atoms with Gasteiger partial charge in [0, 0.05) is 5.69 Å². The molecular weight excluding hydrogens is 296 g/mol. The van der Waals surface area contributed by atoms with Gasteiger partial charge in [-0.15, -0.1) is 5.54 Å². The van der Waals surface area contributed by atoms with Gasteiger partial charge in [0.1, 0.15) is 13.8 Å². The van der Waals surface area contributed by atoms with Crippen molar-refractivity contribution in [3.8, 4) is 11.5 Å². The van der Waals surface area contributed by atoms with Crippen molar-refractivity contribution in [1.82, 2.24) is 5.16 Å². The lowest BCUT2D eigenvalue weighted by molar-refractivity contribution is -0.142. The predicted molar refractivity (Wildman–Crippen MR) is 89.0 cm³/mol. The Morgan fingerprint density at radius 3 is 2.77 bits per heavy atom. The van der Waals surface area contributed by atoms with Crippen molar-refractivity contribution in [2.24, 2.45) is 0 Å². The summed E-state index contributed by atoms with van der Waals surface area (Å²) in [5, 5.41) is 4.68. The molecule has 0 fully saturated rings. The highest BCUT2D eigenvalue weighted by molar-refractivity contribution is 6.83. The molecule has 0 bridgehead atoms. The molecule has 0 saturated carbocycles. The first-order valence-corrected chi connectivity index (χ1v) is 10.7. The van der Waals surface area contributed by atoms with E-state index >= 15 is 0 Å². The summed E-state index contributed by atoms with van der Waals surface area (Å²) < 4.78 is 10.3. The molecule has 1 aromatic heterocycles. The Morgan fingerprint density at radius 2 is 2.14 bits per heavy atom. The third-order valence-electron chi connectivity index (χ3n) is 2.92. The number of hydrogen-bond donors (Lipinski definition) is 1. The zero-order valence-corrected chi connectivity index (χ0v) is 14.3. The monoisotopic (exact) mass is 316 g/mol. The number of nitrogens with zero attached hydrogens (tertiary/aromatic N) is 1. The smallest absolute Gasteiger partial charge is 0.312 e. The van der Waals surface area contributed by atoms with Gasteiger partial charge in [0.25, 0.3) is 0 Å². The zero-order valence-electron chi connectivity index (χ0n) is 13.3. The van der Waals surface area contributed by atoms with Gasteiger partial charge in [-0.2, -0.15) is 0 Å². The molecule has 2 aromatic rings. The van der Waals surface area contributed by atoms with E-state index in [0.29, 0.717) is 34.5 Å². The van der Waals surface area contributed by atoms with Crippen LogP contribution in [0.15, 0.2) is 16.7 Å². The molecule has 0 atom stereocenters. The van der Waals surface area contributed by atoms with Crippen LogP contribution < -0.4 is 5.73 Å². The fraction of sp³-hybridized carbons (Fsp3) is 0.375. The standard InChI is InChI=1S/C16H20N2O3Si/c1-5-20-15(19)10-13-16-11(8-9-22(2,3)4)12(17)6-7-14(16)21-18-13/h6-7H,5,10,17H2,1-4H3. The van der Waals surface area contributed by atoms with Gasteiger partial charge in [-0.05, 0) is 19.1 Å². The number of aromatic nitrogens is 1. The van der Waals surface area contributed by atoms with Crippen LogP contribution in [0.1, 0.15) is 18.2 Å². The summed E-state index contributed by atoms with van der Waals surface area (Å²) in [6.45, 7) is 8.57. The Morgan fingerprint density at radius 1 is 1.41 bits per heavy atom. The van der Waals surface area contributed by atoms with E-state index in [1.165, 1.54) is 0 Å². The van der Waals surface area contributed by atoms with Crippen LogP contribution in [0.25, 0.3) is 11.0 Å². The first-order chi connectivity index (χ1) is 10.3. The zero-order chi connectivity index (χ0) is 16.3. The number of anilines is 1. The molecule has 116 valence electrons. The third-order valence-corrected chi connectivity index (χ3v) is 3.80. The molecule has 6 heteroatoms. The first kappa shape index (κ1) is 16.1.